The fourth-order valence-corrected chi connectivity index (χ4v) is 3.52. The number of methoxy groups -OCH3 is 1. The fraction of sp³-hybridized carbons (Fsp3) is 0.556. The molecule has 1 aliphatic heterocycles. The molecule has 2 amide bonds. The number of amides is 2. The summed E-state index contributed by atoms with van der Waals surface area (Å²) < 4.78 is 44.3. The Morgan fingerprint density at radius 1 is 1.12 bits per heavy atom. The summed E-state index contributed by atoms with van der Waals surface area (Å²) in [5.41, 5.74) is -0.456. The van der Waals surface area contributed by atoms with Gasteiger partial charge in [-0.1, -0.05) is 18.2 Å². The van der Waals surface area contributed by atoms with Crippen molar-refractivity contribution in [2.45, 2.75) is 18.5 Å². The molecule has 0 bridgehead atoms. The predicted octanol–water partition coefficient (Wildman–Crippen LogP) is 2.13. The molecule has 2 unspecified atom stereocenters. The third kappa shape index (κ3) is 3.85. The Labute approximate surface area is 149 Å². The second-order valence-corrected chi connectivity index (χ2v) is 6.67. The normalized spacial score (nSPS) is 23.1. The van der Waals surface area contributed by atoms with E-state index in [0.717, 1.165) is 6.07 Å². The molecule has 0 radical (unpaired) electrons. The van der Waals surface area contributed by atoms with Crippen LogP contribution in [0.25, 0.3) is 0 Å². The second kappa shape index (κ2) is 7.26. The van der Waals surface area contributed by atoms with E-state index in [1.165, 1.54) is 19.2 Å². The first-order chi connectivity index (χ1) is 12.3. The molecule has 142 valence electrons. The summed E-state index contributed by atoms with van der Waals surface area (Å²) in [5, 5.41) is 0. The van der Waals surface area contributed by atoms with Crippen LogP contribution in [0.15, 0.2) is 24.3 Å². The quantitative estimate of drug-likeness (QED) is 0.816. The van der Waals surface area contributed by atoms with Crippen LogP contribution in [-0.4, -0.2) is 61.5 Å². The standard InChI is InChI=1S/C18H21F3N2O3/c1-26-11-16(24)22-6-8-23(9-7-22)17(25)14-10-13(14)12-4-2-3-5-15(12)18(19,20)21/h2-5,13-14H,6-11H2,1H3. The van der Waals surface area contributed by atoms with E-state index in [1.807, 2.05) is 0 Å². The highest BCUT2D eigenvalue weighted by Gasteiger charge is 2.49. The monoisotopic (exact) mass is 370 g/mol. The lowest BCUT2D eigenvalue weighted by Crippen LogP contribution is -2.51. The van der Waals surface area contributed by atoms with Gasteiger partial charge in [-0.15, -0.1) is 0 Å². The van der Waals surface area contributed by atoms with Crippen LogP contribution < -0.4 is 0 Å². The first kappa shape index (κ1) is 18.7. The number of carbonyl (C=O) groups excluding carboxylic acids is 2. The van der Waals surface area contributed by atoms with E-state index in [-0.39, 0.29) is 29.9 Å². The van der Waals surface area contributed by atoms with Crippen LogP contribution in [0.1, 0.15) is 23.5 Å². The smallest absolute Gasteiger partial charge is 0.375 e. The molecule has 2 atom stereocenters. The Balaban J connectivity index is 1.60. The van der Waals surface area contributed by atoms with E-state index in [9.17, 15) is 22.8 Å². The van der Waals surface area contributed by atoms with Gasteiger partial charge >= 0.3 is 6.18 Å². The number of alkyl halides is 3. The van der Waals surface area contributed by atoms with Crippen molar-refractivity contribution in [3.8, 4) is 0 Å². The highest BCUT2D eigenvalue weighted by molar-refractivity contribution is 5.84. The molecule has 3 rings (SSSR count). The number of rotatable bonds is 4. The van der Waals surface area contributed by atoms with Crippen LogP contribution in [0.2, 0.25) is 0 Å². The van der Waals surface area contributed by atoms with Crippen LogP contribution in [0, 0.1) is 5.92 Å². The molecule has 5 nitrogen and oxygen atoms in total. The average Bonchev–Trinajstić information content (AvgIpc) is 3.41. The van der Waals surface area contributed by atoms with Crippen LogP contribution >= 0.6 is 0 Å². The van der Waals surface area contributed by atoms with Crippen molar-refractivity contribution in [1.29, 1.82) is 0 Å². The fourth-order valence-electron chi connectivity index (χ4n) is 3.52. The van der Waals surface area contributed by atoms with Crippen molar-refractivity contribution in [2.75, 3.05) is 39.9 Å². The average molecular weight is 370 g/mol. The van der Waals surface area contributed by atoms with Crippen LogP contribution in [-0.2, 0) is 20.5 Å². The lowest BCUT2D eigenvalue weighted by atomic mass is 10.0. The Morgan fingerprint density at radius 2 is 1.73 bits per heavy atom. The Bertz CT molecular complexity index is 685. The summed E-state index contributed by atoms with van der Waals surface area (Å²) in [5.74, 6) is -1.03. The largest absolute Gasteiger partial charge is 0.416 e. The van der Waals surface area contributed by atoms with Crippen LogP contribution in [0.4, 0.5) is 13.2 Å². The van der Waals surface area contributed by atoms with Crippen LogP contribution in [0.3, 0.4) is 0 Å². The zero-order chi connectivity index (χ0) is 18.9. The molecule has 1 saturated carbocycles. The summed E-state index contributed by atoms with van der Waals surface area (Å²) >= 11 is 0. The third-order valence-corrected chi connectivity index (χ3v) is 4.99. The number of halogens is 3. The van der Waals surface area contributed by atoms with Gasteiger partial charge in [0.15, 0.2) is 0 Å². The molecular weight excluding hydrogens is 349 g/mol. The molecule has 0 spiro atoms. The first-order valence-corrected chi connectivity index (χ1v) is 8.54. The van der Waals surface area contributed by atoms with Gasteiger partial charge in [0.05, 0.1) is 5.56 Å². The molecule has 26 heavy (non-hydrogen) atoms. The zero-order valence-electron chi connectivity index (χ0n) is 14.5. The summed E-state index contributed by atoms with van der Waals surface area (Å²) in [6.07, 6.45) is -3.98. The topological polar surface area (TPSA) is 49.9 Å². The minimum atomic E-state index is -4.42. The van der Waals surface area contributed by atoms with Crippen molar-refractivity contribution in [1.82, 2.24) is 9.80 Å². The van der Waals surface area contributed by atoms with Gasteiger partial charge in [-0.25, -0.2) is 0 Å². The van der Waals surface area contributed by atoms with Gasteiger partial charge in [0, 0.05) is 39.2 Å². The van der Waals surface area contributed by atoms with Gasteiger partial charge in [0.1, 0.15) is 6.61 Å². The number of piperazine rings is 1. The molecule has 1 saturated heterocycles. The Kier molecular flexibility index (Phi) is 5.22. The maximum absolute atomic E-state index is 13.2. The number of hydrogen-bond donors (Lipinski definition) is 0. The first-order valence-electron chi connectivity index (χ1n) is 8.54. The minimum absolute atomic E-state index is 0.00682. The molecule has 2 fully saturated rings. The molecule has 8 heteroatoms. The van der Waals surface area contributed by atoms with Gasteiger partial charge in [0.25, 0.3) is 0 Å². The third-order valence-electron chi connectivity index (χ3n) is 4.99. The van der Waals surface area contributed by atoms with E-state index in [4.69, 9.17) is 4.74 Å². The van der Waals surface area contributed by atoms with Gasteiger partial charge in [-0.2, -0.15) is 13.2 Å². The summed E-state index contributed by atoms with van der Waals surface area (Å²) in [6.45, 7) is 1.65. The Morgan fingerprint density at radius 3 is 2.35 bits per heavy atom. The van der Waals surface area contributed by atoms with E-state index < -0.39 is 17.7 Å². The minimum Gasteiger partial charge on any atom is -0.375 e. The van der Waals surface area contributed by atoms with E-state index >= 15 is 0 Å². The Hall–Kier alpha value is -2.09. The number of carbonyl (C=O) groups is 2. The summed E-state index contributed by atoms with van der Waals surface area (Å²) in [6, 6.07) is 5.46. The highest BCUT2D eigenvalue weighted by Crippen LogP contribution is 2.51. The molecule has 0 N–H and O–H groups in total. The summed E-state index contributed by atoms with van der Waals surface area (Å²) in [4.78, 5) is 27.7. The molecule has 1 aromatic rings. The van der Waals surface area contributed by atoms with E-state index in [1.54, 1.807) is 15.9 Å². The van der Waals surface area contributed by atoms with Gasteiger partial charge in [-0.05, 0) is 24.0 Å². The van der Waals surface area contributed by atoms with Crippen molar-refractivity contribution in [3.63, 3.8) is 0 Å². The molecule has 0 aromatic heterocycles. The number of nitrogens with zero attached hydrogens (tertiary/aromatic N) is 2. The zero-order valence-corrected chi connectivity index (χ0v) is 14.5. The van der Waals surface area contributed by atoms with Crippen LogP contribution in [0.5, 0.6) is 0 Å². The second-order valence-electron chi connectivity index (χ2n) is 6.67. The predicted molar refractivity (Wildman–Crippen MR) is 87.3 cm³/mol. The maximum Gasteiger partial charge on any atom is 0.416 e. The number of hydrogen-bond acceptors (Lipinski definition) is 3. The lowest BCUT2D eigenvalue weighted by molar-refractivity contribution is -0.142. The van der Waals surface area contributed by atoms with Gasteiger partial charge < -0.3 is 14.5 Å². The lowest BCUT2D eigenvalue weighted by Gasteiger charge is -2.35. The molecule has 1 aromatic carbocycles. The maximum atomic E-state index is 13.2. The van der Waals surface area contributed by atoms with Gasteiger partial charge in [-0.3, -0.25) is 9.59 Å². The van der Waals surface area contributed by atoms with E-state index in [2.05, 4.69) is 0 Å². The van der Waals surface area contributed by atoms with Crippen molar-refractivity contribution < 1.29 is 27.5 Å². The molecule has 1 aliphatic carbocycles. The number of ether oxygens (including phenoxy) is 1. The van der Waals surface area contributed by atoms with Crippen molar-refractivity contribution >= 4 is 11.8 Å². The number of benzene rings is 1. The van der Waals surface area contributed by atoms with E-state index in [0.29, 0.717) is 32.6 Å². The van der Waals surface area contributed by atoms with Crippen molar-refractivity contribution in [3.05, 3.63) is 35.4 Å². The molecular formula is C18H21F3N2O3. The SMILES string of the molecule is COCC(=O)N1CCN(C(=O)C2CC2c2ccccc2C(F)(F)F)CC1. The molecule has 1 heterocycles. The highest BCUT2D eigenvalue weighted by atomic mass is 19.4. The molecule has 2 aliphatic rings. The van der Waals surface area contributed by atoms with Gasteiger partial charge in [0.2, 0.25) is 11.8 Å². The van der Waals surface area contributed by atoms with Crippen molar-refractivity contribution in [2.24, 2.45) is 5.92 Å². The summed E-state index contributed by atoms with van der Waals surface area (Å²) in [7, 11) is 1.45.